The van der Waals surface area contributed by atoms with Gasteiger partial charge in [-0.05, 0) is 17.7 Å². The van der Waals surface area contributed by atoms with Crippen LogP contribution in [0.5, 0.6) is 5.75 Å². The van der Waals surface area contributed by atoms with Gasteiger partial charge in [-0.25, -0.2) is 0 Å². The standard InChI is InChI=1S/C13H9F6NOS/c1-20-11-8(9(21)10(22-11)13(17,18)19)6-3-2-4-7(5-6)12(14,15)16/h2-5,20-21H,1H3. The van der Waals surface area contributed by atoms with Gasteiger partial charge in [0.25, 0.3) is 0 Å². The molecule has 2 rings (SSSR count). The lowest BCUT2D eigenvalue weighted by Gasteiger charge is -2.10. The molecule has 0 aliphatic carbocycles. The molecule has 0 amide bonds. The molecule has 0 bridgehead atoms. The van der Waals surface area contributed by atoms with Crippen LogP contribution in [0.4, 0.5) is 31.3 Å². The van der Waals surface area contributed by atoms with Crippen molar-refractivity contribution in [2.45, 2.75) is 12.4 Å². The lowest BCUT2D eigenvalue weighted by atomic mass is 10.0. The van der Waals surface area contributed by atoms with Crippen LogP contribution >= 0.6 is 11.3 Å². The van der Waals surface area contributed by atoms with Crippen molar-refractivity contribution in [3.05, 3.63) is 34.7 Å². The van der Waals surface area contributed by atoms with Gasteiger partial charge in [-0.2, -0.15) is 26.3 Å². The number of thiophene rings is 1. The van der Waals surface area contributed by atoms with Gasteiger partial charge in [-0.15, -0.1) is 11.3 Å². The first-order valence-electron chi connectivity index (χ1n) is 5.84. The highest BCUT2D eigenvalue weighted by atomic mass is 32.1. The lowest BCUT2D eigenvalue weighted by molar-refractivity contribution is -0.137. The predicted octanol–water partition coefficient (Wildman–Crippen LogP) is 5.20. The van der Waals surface area contributed by atoms with Gasteiger partial charge in [0.1, 0.15) is 10.8 Å². The van der Waals surface area contributed by atoms with Crippen molar-refractivity contribution in [1.82, 2.24) is 0 Å². The molecule has 0 atom stereocenters. The fourth-order valence-corrected chi connectivity index (χ4v) is 2.85. The number of benzene rings is 1. The third-order valence-electron chi connectivity index (χ3n) is 2.85. The van der Waals surface area contributed by atoms with E-state index in [1.807, 2.05) is 0 Å². The SMILES string of the molecule is CNc1sc(C(F)(F)F)c(O)c1-c1cccc(C(F)(F)F)c1. The van der Waals surface area contributed by atoms with Crippen LogP contribution in [0.25, 0.3) is 11.1 Å². The van der Waals surface area contributed by atoms with Crippen molar-refractivity contribution < 1.29 is 31.4 Å². The zero-order valence-corrected chi connectivity index (χ0v) is 11.7. The van der Waals surface area contributed by atoms with E-state index in [0.29, 0.717) is 6.07 Å². The zero-order chi connectivity index (χ0) is 16.7. The number of aromatic hydroxyl groups is 1. The van der Waals surface area contributed by atoms with Gasteiger partial charge in [0.2, 0.25) is 0 Å². The number of halogens is 6. The molecule has 120 valence electrons. The van der Waals surface area contributed by atoms with Crippen LogP contribution < -0.4 is 5.32 Å². The molecule has 1 aromatic heterocycles. The van der Waals surface area contributed by atoms with Gasteiger partial charge in [0.15, 0.2) is 4.88 Å². The van der Waals surface area contributed by atoms with Crippen molar-refractivity contribution in [2.24, 2.45) is 0 Å². The Morgan fingerprint density at radius 3 is 2.18 bits per heavy atom. The van der Waals surface area contributed by atoms with Crippen LogP contribution in [0.15, 0.2) is 24.3 Å². The van der Waals surface area contributed by atoms with Crippen LogP contribution in [-0.2, 0) is 12.4 Å². The molecule has 0 saturated carbocycles. The largest absolute Gasteiger partial charge is 0.506 e. The summed E-state index contributed by atoms with van der Waals surface area (Å²) in [7, 11) is 1.32. The summed E-state index contributed by atoms with van der Waals surface area (Å²) in [6, 6.07) is 3.78. The minimum absolute atomic E-state index is 0.0656. The Kier molecular flexibility index (Phi) is 4.03. The average Bonchev–Trinajstić information content (AvgIpc) is 2.74. The smallest absolute Gasteiger partial charge is 0.429 e. The molecule has 2 aromatic rings. The Morgan fingerprint density at radius 1 is 1.05 bits per heavy atom. The maximum absolute atomic E-state index is 12.8. The highest BCUT2D eigenvalue weighted by Gasteiger charge is 2.39. The monoisotopic (exact) mass is 341 g/mol. The molecular weight excluding hydrogens is 332 g/mol. The number of anilines is 1. The van der Waals surface area contributed by atoms with Gasteiger partial charge in [-0.3, -0.25) is 0 Å². The van der Waals surface area contributed by atoms with Crippen LogP contribution in [0.2, 0.25) is 0 Å². The molecular formula is C13H9F6NOS. The summed E-state index contributed by atoms with van der Waals surface area (Å²) >= 11 is 0.234. The fraction of sp³-hybridized carbons (Fsp3) is 0.231. The Hall–Kier alpha value is -1.90. The van der Waals surface area contributed by atoms with E-state index in [2.05, 4.69) is 5.32 Å². The van der Waals surface area contributed by atoms with E-state index in [-0.39, 0.29) is 27.5 Å². The van der Waals surface area contributed by atoms with Crippen molar-refractivity contribution in [3.8, 4) is 16.9 Å². The average molecular weight is 341 g/mol. The van der Waals surface area contributed by atoms with Crippen LogP contribution in [-0.4, -0.2) is 12.2 Å². The summed E-state index contributed by atoms with van der Waals surface area (Å²) in [6.45, 7) is 0. The Labute approximate surface area is 125 Å². The zero-order valence-electron chi connectivity index (χ0n) is 10.9. The Bertz CT molecular complexity index is 689. The van der Waals surface area contributed by atoms with E-state index in [1.165, 1.54) is 13.1 Å². The molecule has 2 N–H and O–H groups in total. The van der Waals surface area contributed by atoms with Crippen molar-refractivity contribution in [2.75, 3.05) is 12.4 Å². The third kappa shape index (κ3) is 2.99. The Morgan fingerprint density at radius 2 is 1.68 bits per heavy atom. The summed E-state index contributed by atoms with van der Waals surface area (Å²) in [6.07, 6.45) is -9.42. The van der Waals surface area contributed by atoms with E-state index in [9.17, 15) is 31.4 Å². The number of alkyl halides is 6. The van der Waals surface area contributed by atoms with E-state index in [4.69, 9.17) is 0 Å². The first-order valence-corrected chi connectivity index (χ1v) is 6.65. The summed E-state index contributed by atoms with van der Waals surface area (Å²) in [5, 5.41) is 12.2. The van der Waals surface area contributed by atoms with E-state index >= 15 is 0 Å². The van der Waals surface area contributed by atoms with E-state index < -0.39 is 28.5 Å². The molecule has 2 nitrogen and oxygen atoms in total. The molecule has 0 radical (unpaired) electrons. The molecule has 0 saturated heterocycles. The second-order valence-electron chi connectivity index (χ2n) is 4.31. The van der Waals surface area contributed by atoms with E-state index in [0.717, 1.165) is 12.1 Å². The number of nitrogens with one attached hydrogen (secondary N) is 1. The van der Waals surface area contributed by atoms with Gasteiger partial charge in [0, 0.05) is 7.05 Å². The lowest BCUT2D eigenvalue weighted by Crippen LogP contribution is -2.04. The maximum Gasteiger partial charge on any atom is 0.429 e. The third-order valence-corrected chi connectivity index (χ3v) is 4.09. The second-order valence-corrected chi connectivity index (χ2v) is 5.33. The molecule has 1 aromatic carbocycles. The summed E-state index contributed by atoms with van der Waals surface area (Å²) in [5.41, 5.74) is -1.46. The number of hydrogen-bond donors (Lipinski definition) is 2. The molecule has 0 aliphatic heterocycles. The van der Waals surface area contributed by atoms with E-state index in [1.54, 1.807) is 0 Å². The van der Waals surface area contributed by atoms with Gasteiger partial charge >= 0.3 is 12.4 Å². The number of hydrogen-bond acceptors (Lipinski definition) is 3. The van der Waals surface area contributed by atoms with Crippen molar-refractivity contribution >= 4 is 16.3 Å². The highest BCUT2D eigenvalue weighted by molar-refractivity contribution is 7.17. The summed E-state index contributed by atoms with van der Waals surface area (Å²) in [4.78, 5) is -1.26. The molecule has 22 heavy (non-hydrogen) atoms. The quantitative estimate of drug-likeness (QED) is 0.736. The first kappa shape index (κ1) is 16.5. The van der Waals surface area contributed by atoms with Crippen molar-refractivity contribution in [3.63, 3.8) is 0 Å². The summed E-state index contributed by atoms with van der Waals surface area (Å²) < 4.78 is 76.5. The fourth-order valence-electron chi connectivity index (χ4n) is 1.91. The van der Waals surface area contributed by atoms with Crippen molar-refractivity contribution in [1.29, 1.82) is 0 Å². The molecule has 0 aliphatic rings. The predicted molar refractivity (Wildman–Crippen MR) is 71.0 cm³/mol. The summed E-state index contributed by atoms with van der Waals surface area (Å²) in [5.74, 6) is -1.08. The molecule has 0 fully saturated rings. The first-order chi connectivity index (χ1) is 10.1. The van der Waals surface area contributed by atoms with Crippen LogP contribution in [0.3, 0.4) is 0 Å². The second kappa shape index (κ2) is 5.38. The minimum atomic E-state index is -4.79. The Balaban J connectivity index is 2.65. The van der Waals surface area contributed by atoms with Gasteiger partial charge in [-0.1, -0.05) is 12.1 Å². The maximum atomic E-state index is 12.8. The highest BCUT2D eigenvalue weighted by Crippen LogP contribution is 2.51. The molecule has 9 heteroatoms. The normalized spacial score (nSPS) is 12.5. The van der Waals surface area contributed by atoms with Crippen LogP contribution in [0.1, 0.15) is 10.4 Å². The minimum Gasteiger partial charge on any atom is -0.506 e. The molecule has 0 spiro atoms. The van der Waals surface area contributed by atoms with Gasteiger partial charge < -0.3 is 10.4 Å². The number of rotatable bonds is 2. The van der Waals surface area contributed by atoms with Gasteiger partial charge in [0.05, 0.1) is 11.1 Å². The van der Waals surface area contributed by atoms with Crippen LogP contribution in [0, 0.1) is 0 Å². The molecule has 0 unspecified atom stereocenters. The topological polar surface area (TPSA) is 32.3 Å². The molecule has 1 heterocycles.